The monoisotopic (exact) mass is 395 g/mol. The molecule has 29 heavy (non-hydrogen) atoms. The maximum absolute atomic E-state index is 12.7. The van der Waals surface area contributed by atoms with Crippen molar-refractivity contribution >= 4 is 17.5 Å². The van der Waals surface area contributed by atoms with Gasteiger partial charge in [0, 0.05) is 18.3 Å². The van der Waals surface area contributed by atoms with Crippen LogP contribution in [0.4, 0.5) is 5.69 Å². The van der Waals surface area contributed by atoms with Crippen molar-refractivity contribution in [1.82, 2.24) is 0 Å². The molecular weight excluding hydrogens is 362 g/mol. The second-order valence-corrected chi connectivity index (χ2v) is 7.48. The number of phenolic OH excluding ortho intramolecular Hbond substituents is 1. The van der Waals surface area contributed by atoms with Gasteiger partial charge in [-0.25, -0.2) is 0 Å². The molecule has 0 aliphatic carbocycles. The summed E-state index contributed by atoms with van der Waals surface area (Å²) in [4.78, 5) is 12.7. The van der Waals surface area contributed by atoms with Gasteiger partial charge < -0.3 is 15.2 Å². The number of anilines is 1. The molecular formula is C25H33NO3. The van der Waals surface area contributed by atoms with Gasteiger partial charge in [0.1, 0.15) is 11.5 Å². The Morgan fingerprint density at radius 2 is 1.72 bits per heavy atom. The number of ether oxygens (including phenoxy) is 1. The van der Waals surface area contributed by atoms with E-state index in [0.717, 1.165) is 42.5 Å². The minimum Gasteiger partial charge on any atom is -0.507 e. The number of hydrogen-bond acceptors (Lipinski definition) is 4. The molecule has 0 unspecified atom stereocenters. The zero-order valence-electron chi connectivity index (χ0n) is 18.2. The molecule has 0 atom stereocenters. The second-order valence-electron chi connectivity index (χ2n) is 7.48. The predicted octanol–water partition coefficient (Wildman–Crippen LogP) is 6.02. The minimum absolute atomic E-state index is 0.0287. The highest BCUT2D eigenvalue weighted by atomic mass is 16.5. The number of aryl methyl sites for hydroxylation is 2. The lowest BCUT2D eigenvalue weighted by Gasteiger charge is -2.20. The summed E-state index contributed by atoms with van der Waals surface area (Å²) in [6.07, 6.45) is 6.74. The molecule has 156 valence electrons. The quantitative estimate of drug-likeness (QED) is 0.381. The highest BCUT2D eigenvalue weighted by Crippen LogP contribution is 2.38. The van der Waals surface area contributed by atoms with Gasteiger partial charge in [0.15, 0.2) is 5.78 Å². The van der Waals surface area contributed by atoms with Crippen molar-refractivity contribution in [1.29, 1.82) is 0 Å². The van der Waals surface area contributed by atoms with Crippen molar-refractivity contribution in [2.24, 2.45) is 0 Å². The van der Waals surface area contributed by atoms with Crippen molar-refractivity contribution in [3.63, 3.8) is 0 Å². The molecule has 2 aromatic rings. The molecule has 0 radical (unpaired) electrons. The normalized spacial score (nSPS) is 11.2. The Morgan fingerprint density at radius 3 is 2.28 bits per heavy atom. The highest BCUT2D eigenvalue weighted by Gasteiger charge is 2.18. The molecule has 0 heterocycles. The number of ketones is 1. The van der Waals surface area contributed by atoms with E-state index in [1.165, 1.54) is 6.08 Å². The smallest absolute Gasteiger partial charge is 0.185 e. The Labute approximate surface area is 174 Å². The fourth-order valence-corrected chi connectivity index (χ4v) is 3.30. The van der Waals surface area contributed by atoms with E-state index in [1.54, 1.807) is 18.2 Å². The maximum Gasteiger partial charge on any atom is 0.185 e. The molecule has 0 amide bonds. The Balaban J connectivity index is 2.48. The first-order valence-electron chi connectivity index (χ1n) is 10.5. The van der Waals surface area contributed by atoms with E-state index in [-0.39, 0.29) is 17.6 Å². The minimum atomic E-state index is -0.111. The molecule has 4 nitrogen and oxygen atoms in total. The summed E-state index contributed by atoms with van der Waals surface area (Å²) in [5.74, 6) is 0.770. The van der Waals surface area contributed by atoms with Gasteiger partial charge in [-0.15, -0.1) is 0 Å². The van der Waals surface area contributed by atoms with Gasteiger partial charge in [-0.1, -0.05) is 26.7 Å². The molecule has 2 N–H and O–H groups in total. The van der Waals surface area contributed by atoms with E-state index in [1.807, 2.05) is 33.0 Å². The SMILES string of the molecule is CCCc1cc(CCC)c(OC(C)C)c(C=CC(=O)c2ccc(NC)cc2)c1O. The number of phenols is 1. The van der Waals surface area contributed by atoms with E-state index < -0.39 is 0 Å². The Bertz CT molecular complexity index is 851. The van der Waals surface area contributed by atoms with E-state index in [0.29, 0.717) is 16.9 Å². The molecule has 0 bridgehead atoms. The van der Waals surface area contributed by atoms with Gasteiger partial charge in [0.05, 0.1) is 11.7 Å². The number of allylic oxidation sites excluding steroid dienone is 1. The first kappa shape index (κ1) is 22.5. The van der Waals surface area contributed by atoms with Crippen LogP contribution in [0.15, 0.2) is 36.4 Å². The summed E-state index contributed by atoms with van der Waals surface area (Å²) in [7, 11) is 1.84. The van der Waals surface area contributed by atoms with Crippen LogP contribution in [0.2, 0.25) is 0 Å². The van der Waals surface area contributed by atoms with Crippen LogP contribution in [0.1, 0.15) is 67.6 Å². The Hall–Kier alpha value is -2.75. The number of carbonyl (C=O) groups is 1. The second kappa shape index (κ2) is 10.7. The number of rotatable bonds is 10. The third-order valence-corrected chi connectivity index (χ3v) is 4.70. The number of carbonyl (C=O) groups excluding carboxylic acids is 1. The number of benzene rings is 2. The van der Waals surface area contributed by atoms with Crippen molar-refractivity contribution in [2.45, 2.75) is 59.5 Å². The largest absolute Gasteiger partial charge is 0.507 e. The highest BCUT2D eigenvalue weighted by molar-refractivity contribution is 6.07. The number of aromatic hydroxyl groups is 1. The summed E-state index contributed by atoms with van der Waals surface area (Å²) in [5.41, 5.74) is 4.12. The van der Waals surface area contributed by atoms with Crippen LogP contribution in [-0.2, 0) is 12.8 Å². The van der Waals surface area contributed by atoms with Gasteiger partial charge in [-0.3, -0.25) is 4.79 Å². The molecule has 2 aromatic carbocycles. The lowest BCUT2D eigenvalue weighted by Crippen LogP contribution is -2.10. The molecule has 2 rings (SSSR count). The van der Waals surface area contributed by atoms with Crippen LogP contribution in [0.25, 0.3) is 6.08 Å². The number of nitrogens with one attached hydrogen (secondary N) is 1. The molecule has 0 fully saturated rings. The van der Waals surface area contributed by atoms with Crippen LogP contribution >= 0.6 is 0 Å². The lowest BCUT2D eigenvalue weighted by molar-refractivity contribution is 0.104. The summed E-state index contributed by atoms with van der Waals surface area (Å²) in [5, 5.41) is 13.9. The zero-order chi connectivity index (χ0) is 21.4. The van der Waals surface area contributed by atoms with Crippen molar-refractivity contribution in [3.05, 3.63) is 58.7 Å². The fourth-order valence-electron chi connectivity index (χ4n) is 3.30. The van der Waals surface area contributed by atoms with Crippen LogP contribution < -0.4 is 10.1 Å². The van der Waals surface area contributed by atoms with Gasteiger partial charge in [0.2, 0.25) is 0 Å². The standard InChI is InChI=1S/C25H33NO3/c1-6-8-19-16-20(9-7-2)25(29-17(3)4)22(24(19)28)14-15-23(27)18-10-12-21(26-5)13-11-18/h10-17,26,28H,6-9H2,1-5H3. The molecule has 0 aliphatic rings. The van der Waals surface area contributed by atoms with Crippen LogP contribution in [-0.4, -0.2) is 24.0 Å². The van der Waals surface area contributed by atoms with Gasteiger partial charge in [0.25, 0.3) is 0 Å². The summed E-state index contributed by atoms with van der Waals surface area (Å²) in [6, 6.07) is 9.37. The third-order valence-electron chi connectivity index (χ3n) is 4.70. The summed E-state index contributed by atoms with van der Waals surface area (Å²) >= 11 is 0. The van der Waals surface area contributed by atoms with E-state index >= 15 is 0 Å². The van der Waals surface area contributed by atoms with Crippen LogP contribution in [0, 0.1) is 0 Å². The fraction of sp³-hybridized carbons (Fsp3) is 0.400. The zero-order valence-corrected chi connectivity index (χ0v) is 18.2. The van der Waals surface area contributed by atoms with Gasteiger partial charge >= 0.3 is 0 Å². The molecule has 0 spiro atoms. The topological polar surface area (TPSA) is 58.6 Å². The summed E-state index contributed by atoms with van der Waals surface area (Å²) < 4.78 is 6.08. The molecule has 0 aliphatic heterocycles. The average molecular weight is 396 g/mol. The molecule has 4 heteroatoms. The lowest BCUT2D eigenvalue weighted by atomic mass is 9.96. The van der Waals surface area contributed by atoms with Gasteiger partial charge in [-0.2, -0.15) is 0 Å². The third kappa shape index (κ3) is 5.86. The van der Waals surface area contributed by atoms with Crippen molar-refractivity contribution in [3.8, 4) is 11.5 Å². The maximum atomic E-state index is 12.7. The van der Waals surface area contributed by atoms with Crippen LogP contribution in [0.3, 0.4) is 0 Å². The Morgan fingerprint density at radius 1 is 1.10 bits per heavy atom. The molecule has 0 aromatic heterocycles. The average Bonchev–Trinajstić information content (AvgIpc) is 2.70. The van der Waals surface area contributed by atoms with E-state index in [4.69, 9.17) is 4.74 Å². The molecule has 0 saturated carbocycles. The Kier molecular flexibility index (Phi) is 8.32. The van der Waals surface area contributed by atoms with Gasteiger partial charge in [-0.05, 0) is 80.3 Å². The first-order chi connectivity index (χ1) is 13.9. The number of hydrogen-bond donors (Lipinski definition) is 2. The van der Waals surface area contributed by atoms with Crippen molar-refractivity contribution in [2.75, 3.05) is 12.4 Å². The van der Waals surface area contributed by atoms with E-state index in [9.17, 15) is 9.90 Å². The predicted molar refractivity (Wildman–Crippen MR) is 121 cm³/mol. The first-order valence-corrected chi connectivity index (χ1v) is 10.5. The summed E-state index contributed by atoms with van der Waals surface area (Å²) in [6.45, 7) is 8.15. The molecule has 0 saturated heterocycles. The van der Waals surface area contributed by atoms with Crippen LogP contribution in [0.5, 0.6) is 11.5 Å². The van der Waals surface area contributed by atoms with E-state index in [2.05, 4.69) is 25.2 Å². The van der Waals surface area contributed by atoms with Crippen molar-refractivity contribution < 1.29 is 14.6 Å².